The smallest absolute Gasteiger partial charge is 0.329 e. The second kappa shape index (κ2) is 4.25. The van der Waals surface area contributed by atoms with Gasteiger partial charge in [-0.2, -0.15) is 15.8 Å². The average molecular weight is 257 g/mol. The molecule has 5 nitrogen and oxygen atoms in total. The van der Waals surface area contributed by atoms with Gasteiger partial charge in [-0.25, -0.2) is 0 Å². The minimum Gasteiger partial charge on any atom is -0.465 e. The summed E-state index contributed by atoms with van der Waals surface area (Å²) in [4.78, 5) is 12.2. The summed E-state index contributed by atoms with van der Waals surface area (Å²) in [5.41, 5.74) is -3.97. The van der Waals surface area contributed by atoms with Crippen LogP contribution in [0.5, 0.6) is 0 Å². The largest absolute Gasteiger partial charge is 0.465 e. The van der Waals surface area contributed by atoms with Crippen molar-refractivity contribution in [1.29, 1.82) is 15.8 Å². The molecule has 1 spiro atoms. The highest BCUT2D eigenvalue weighted by atomic mass is 16.5. The van der Waals surface area contributed by atoms with Crippen LogP contribution in [0.4, 0.5) is 0 Å². The Kier molecular flexibility index (Phi) is 2.99. The normalized spacial score (nSPS) is 29.6. The predicted molar refractivity (Wildman–Crippen MR) is 63.9 cm³/mol. The number of esters is 1. The van der Waals surface area contributed by atoms with Crippen molar-refractivity contribution in [2.75, 3.05) is 6.61 Å². The summed E-state index contributed by atoms with van der Waals surface area (Å²) in [6.07, 6.45) is 3.84. The lowest BCUT2D eigenvalue weighted by molar-refractivity contribution is -0.149. The number of nitriles is 3. The molecule has 2 saturated carbocycles. The molecule has 0 saturated heterocycles. The van der Waals surface area contributed by atoms with E-state index in [0.717, 1.165) is 19.3 Å². The quantitative estimate of drug-likeness (QED) is 0.705. The van der Waals surface area contributed by atoms with Crippen molar-refractivity contribution >= 4 is 5.97 Å². The summed E-state index contributed by atoms with van der Waals surface area (Å²) >= 11 is 0. The van der Waals surface area contributed by atoms with Gasteiger partial charge in [-0.1, -0.05) is 19.3 Å². The number of rotatable bonds is 2. The highest BCUT2D eigenvalue weighted by Crippen LogP contribution is 2.82. The third-order valence-electron chi connectivity index (χ3n) is 4.73. The average Bonchev–Trinajstić information content (AvgIpc) is 2.95. The van der Waals surface area contributed by atoms with E-state index in [4.69, 9.17) is 4.74 Å². The molecular formula is C14H15N3O2. The van der Waals surface area contributed by atoms with Gasteiger partial charge in [-0.05, 0) is 19.8 Å². The Balaban J connectivity index is 2.55. The van der Waals surface area contributed by atoms with Crippen LogP contribution in [0.25, 0.3) is 0 Å². The number of carbonyl (C=O) groups is 1. The van der Waals surface area contributed by atoms with E-state index in [1.54, 1.807) is 6.92 Å². The molecule has 0 bridgehead atoms. The Morgan fingerprint density at radius 2 is 1.68 bits per heavy atom. The van der Waals surface area contributed by atoms with E-state index in [0.29, 0.717) is 12.8 Å². The maximum atomic E-state index is 12.2. The van der Waals surface area contributed by atoms with Crippen LogP contribution in [0.15, 0.2) is 0 Å². The summed E-state index contributed by atoms with van der Waals surface area (Å²) < 4.78 is 4.98. The second-order valence-corrected chi connectivity index (χ2v) is 5.20. The van der Waals surface area contributed by atoms with E-state index in [1.807, 2.05) is 18.2 Å². The summed E-state index contributed by atoms with van der Waals surface area (Å²) in [7, 11) is 0. The van der Waals surface area contributed by atoms with Gasteiger partial charge in [0, 0.05) is 5.41 Å². The van der Waals surface area contributed by atoms with Gasteiger partial charge in [-0.15, -0.1) is 0 Å². The first-order valence-corrected chi connectivity index (χ1v) is 6.53. The van der Waals surface area contributed by atoms with E-state index in [1.165, 1.54) is 0 Å². The maximum absolute atomic E-state index is 12.2. The van der Waals surface area contributed by atoms with Crippen molar-refractivity contribution < 1.29 is 9.53 Å². The van der Waals surface area contributed by atoms with Gasteiger partial charge in [0.15, 0.2) is 10.8 Å². The van der Waals surface area contributed by atoms with E-state index in [-0.39, 0.29) is 6.61 Å². The van der Waals surface area contributed by atoms with Gasteiger partial charge in [0.1, 0.15) is 0 Å². The fourth-order valence-electron chi connectivity index (χ4n) is 3.83. The fourth-order valence-corrected chi connectivity index (χ4v) is 3.83. The molecular weight excluding hydrogens is 242 g/mol. The van der Waals surface area contributed by atoms with Crippen molar-refractivity contribution in [3.63, 3.8) is 0 Å². The fraction of sp³-hybridized carbons (Fsp3) is 0.714. The monoisotopic (exact) mass is 257 g/mol. The van der Waals surface area contributed by atoms with Crippen LogP contribution >= 0.6 is 0 Å². The number of hydrogen-bond donors (Lipinski definition) is 0. The lowest BCUT2D eigenvalue weighted by Crippen LogP contribution is -2.27. The molecule has 0 aromatic rings. The molecule has 0 radical (unpaired) electrons. The van der Waals surface area contributed by atoms with Crippen molar-refractivity contribution in [2.45, 2.75) is 39.0 Å². The van der Waals surface area contributed by atoms with Crippen molar-refractivity contribution in [3.05, 3.63) is 0 Å². The van der Waals surface area contributed by atoms with Crippen LogP contribution in [-0.4, -0.2) is 12.6 Å². The van der Waals surface area contributed by atoms with Crippen molar-refractivity contribution in [3.8, 4) is 18.2 Å². The predicted octanol–water partition coefficient (Wildman–Crippen LogP) is 2.06. The molecule has 0 aromatic heterocycles. The van der Waals surface area contributed by atoms with Crippen LogP contribution in [0.3, 0.4) is 0 Å². The Hall–Kier alpha value is -2.06. The highest BCUT2D eigenvalue weighted by molar-refractivity contribution is 5.91. The molecule has 2 aliphatic carbocycles. The zero-order valence-corrected chi connectivity index (χ0v) is 10.9. The topological polar surface area (TPSA) is 97.7 Å². The third-order valence-corrected chi connectivity index (χ3v) is 4.73. The Morgan fingerprint density at radius 1 is 1.11 bits per heavy atom. The van der Waals surface area contributed by atoms with Crippen LogP contribution in [0, 0.1) is 50.2 Å². The molecule has 0 N–H and O–H groups in total. The lowest BCUT2D eigenvalue weighted by Gasteiger charge is -2.23. The lowest BCUT2D eigenvalue weighted by atomic mass is 9.78. The van der Waals surface area contributed by atoms with Gasteiger partial charge in [0.25, 0.3) is 0 Å². The first-order chi connectivity index (χ1) is 9.12. The van der Waals surface area contributed by atoms with Crippen molar-refractivity contribution in [2.24, 2.45) is 16.2 Å². The van der Waals surface area contributed by atoms with Gasteiger partial charge in [0.05, 0.1) is 24.8 Å². The summed E-state index contributed by atoms with van der Waals surface area (Å²) in [5.74, 6) is -0.706. The Labute approximate surface area is 112 Å². The van der Waals surface area contributed by atoms with E-state index >= 15 is 0 Å². The molecule has 2 fully saturated rings. The van der Waals surface area contributed by atoms with Crippen molar-refractivity contribution in [1.82, 2.24) is 0 Å². The summed E-state index contributed by atoms with van der Waals surface area (Å²) in [6.45, 7) is 1.80. The Bertz CT molecular complexity index is 514. The van der Waals surface area contributed by atoms with E-state index in [2.05, 4.69) is 0 Å². The molecule has 2 rings (SSSR count). The zero-order chi connectivity index (χ0) is 14.1. The molecule has 0 aromatic carbocycles. The number of hydrogen-bond acceptors (Lipinski definition) is 5. The zero-order valence-electron chi connectivity index (χ0n) is 10.9. The Morgan fingerprint density at radius 3 is 2.11 bits per heavy atom. The van der Waals surface area contributed by atoms with Gasteiger partial charge in [0.2, 0.25) is 0 Å². The molecule has 0 amide bonds. The van der Waals surface area contributed by atoms with E-state index in [9.17, 15) is 20.6 Å². The molecule has 0 unspecified atom stereocenters. The van der Waals surface area contributed by atoms with Gasteiger partial charge in [-0.3, -0.25) is 4.79 Å². The number of ether oxygens (including phenoxy) is 1. The van der Waals surface area contributed by atoms with Crippen LogP contribution in [-0.2, 0) is 9.53 Å². The molecule has 98 valence electrons. The number of carbonyl (C=O) groups excluding carboxylic acids is 1. The summed E-state index contributed by atoms with van der Waals surface area (Å²) in [5, 5.41) is 28.4. The molecule has 2 aliphatic rings. The molecule has 1 atom stereocenters. The molecule has 19 heavy (non-hydrogen) atoms. The standard InChI is InChI=1S/C14H15N3O2/c1-2-19-11(18)14(10-17)12(6-4-3-5-7-12)13(14,8-15)9-16/h2-7H2,1H3/t14-/m0/s1. The minimum absolute atomic E-state index is 0.144. The summed E-state index contributed by atoms with van der Waals surface area (Å²) in [6, 6.07) is 5.89. The highest BCUT2D eigenvalue weighted by Gasteiger charge is 2.93. The molecule has 0 aliphatic heterocycles. The number of nitrogens with zero attached hydrogens (tertiary/aromatic N) is 3. The van der Waals surface area contributed by atoms with Crippen LogP contribution in [0.1, 0.15) is 39.0 Å². The maximum Gasteiger partial charge on any atom is 0.329 e. The van der Waals surface area contributed by atoms with Gasteiger partial charge < -0.3 is 4.74 Å². The van der Waals surface area contributed by atoms with Gasteiger partial charge >= 0.3 is 5.97 Å². The minimum atomic E-state index is -1.60. The van der Waals surface area contributed by atoms with Crippen LogP contribution in [0.2, 0.25) is 0 Å². The molecule has 0 heterocycles. The van der Waals surface area contributed by atoms with Crippen LogP contribution < -0.4 is 0 Å². The first-order valence-electron chi connectivity index (χ1n) is 6.53. The molecule has 5 heteroatoms. The van der Waals surface area contributed by atoms with E-state index < -0.39 is 22.2 Å². The first kappa shape index (κ1) is 13.4. The SMILES string of the molecule is CCOC(=O)[C@]1(C#N)C(C#N)(C#N)C12CCCCC2. The third kappa shape index (κ3) is 1.19. The second-order valence-electron chi connectivity index (χ2n) is 5.20.